The Balaban J connectivity index is 1.30. The first kappa shape index (κ1) is 19.4. The Bertz CT molecular complexity index is 907. The van der Waals surface area contributed by atoms with Gasteiger partial charge in [-0.25, -0.2) is 4.98 Å². The van der Waals surface area contributed by atoms with Gasteiger partial charge in [0.25, 0.3) is 5.91 Å². The molecule has 3 heterocycles. The molecule has 1 fully saturated rings. The molecule has 0 aliphatic carbocycles. The topological polar surface area (TPSA) is 101 Å². The largest absolute Gasteiger partial charge is 0.484 e. The molecule has 2 N–H and O–H groups in total. The number of benzene rings is 1. The number of ether oxygens (including phenoxy) is 1. The molecule has 9 heteroatoms. The van der Waals surface area contributed by atoms with Crippen molar-refractivity contribution in [2.45, 2.75) is 31.3 Å². The number of hydrogen-bond acceptors (Lipinski definition) is 6. The molecule has 0 saturated carbocycles. The summed E-state index contributed by atoms with van der Waals surface area (Å²) in [7, 11) is 0. The van der Waals surface area contributed by atoms with Crippen molar-refractivity contribution in [3.63, 3.8) is 0 Å². The third-order valence-electron chi connectivity index (χ3n) is 5.30. The molecular weight excluding hydrogens is 392 g/mol. The van der Waals surface area contributed by atoms with E-state index in [1.54, 1.807) is 28.6 Å². The molecule has 2 aliphatic heterocycles. The minimum absolute atomic E-state index is 0.0489. The quantitative estimate of drug-likeness (QED) is 0.798. The van der Waals surface area contributed by atoms with Crippen LogP contribution < -0.4 is 15.4 Å². The molecule has 0 atom stereocenters. The number of anilines is 1. The molecule has 0 bridgehead atoms. The van der Waals surface area contributed by atoms with Crippen LogP contribution in [0.5, 0.6) is 5.75 Å². The summed E-state index contributed by atoms with van der Waals surface area (Å²) in [4.78, 5) is 42.5. The first-order valence-corrected chi connectivity index (χ1v) is 10.5. The van der Waals surface area contributed by atoms with Crippen LogP contribution in [0.3, 0.4) is 0 Å². The summed E-state index contributed by atoms with van der Waals surface area (Å²) in [5, 5.41) is 7.94. The Morgan fingerprint density at radius 3 is 2.79 bits per heavy atom. The van der Waals surface area contributed by atoms with E-state index >= 15 is 0 Å². The Kier molecular flexibility index (Phi) is 5.48. The number of thiazole rings is 1. The van der Waals surface area contributed by atoms with Gasteiger partial charge in [0.1, 0.15) is 11.4 Å². The van der Waals surface area contributed by atoms with E-state index < -0.39 is 5.60 Å². The summed E-state index contributed by atoms with van der Waals surface area (Å²) in [6.07, 6.45) is 3.15. The van der Waals surface area contributed by atoms with E-state index in [2.05, 4.69) is 15.6 Å². The fraction of sp³-hybridized carbons (Fsp3) is 0.400. The van der Waals surface area contributed by atoms with Gasteiger partial charge in [0.2, 0.25) is 11.8 Å². The number of fused-ring (bicyclic) bond motifs is 1. The number of likely N-dealkylation sites (tertiary alicyclic amines) is 1. The molecule has 2 aromatic rings. The molecule has 152 valence electrons. The van der Waals surface area contributed by atoms with Crippen LogP contribution in [0, 0.1) is 0 Å². The second-order valence-electron chi connectivity index (χ2n) is 7.23. The average molecular weight is 414 g/mol. The van der Waals surface area contributed by atoms with Crippen molar-refractivity contribution in [3.8, 4) is 5.75 Å². The van der Waals surface area contributed by atoms with E-state index in [9.17, 15) is 14.4 Å². The molecule has 8 nitrogen and oxygen atoms in total. The van der Waals surface area contributed by atoms with Crippen LogP contribution in [0.2, 0.25) is 0 Å². The summed E-state index contributed by atoms with van der Waals surface area (Å²) < 4.78 is 6.25. The van der Waals surface area contributed by atoms with Crippen molar-refractivity contribution in [2.24, 2.45) is 0 Å². The number of hydrogen-bond donors (Lipinski definition) is 2. The lowest BCUT2D eigenvalue weighted by atomic mass is 9.90. The molecule has 1 saturated heterocycles. The van der Waals surface area contributed by atoms with Crippen LogP contribution in [0.25, 0.3) is 0 Å². The predicted molar refractivity (Wildman–Crippen MR) is 108 cm³/mol. The summed E-state index contributed by atoms with van der Waals surface area (Å²) in [6, 6.07) is 7.21. The average Bonchev–Trinajstić information content (AvgIpc) is 3.19. The number of para-hydroxylation sites is 1. The maximum Gasteiger partial charge on any atom is 0.255 e. The molecule has 0 radical (unpaired) electrons. The van der Waals surface area contributed by atoms with Gasteiger partial charge in [0.05, 0.1) is 12.1 Å². The van der Waals surface area contributed by atoms with Gasteiger partial charge in [-0.15, -0.1) is 11.3 Å². The second-order valence-corrected chi connectivity index (χ2v) is 8.12. The van der Waals surface area contributed by atoms with Crippen molar-refractivity contribution in [1.82, 2.24) is 15.2 Å². The van der Waals surface area contributed by atoms with Crippen LogP contribution in [0.1, 0.15) is 36.0 Å². The second kappa shape index (κ2) is 8.20. The monoisotopic (exact) mass is 414 g/mol. The first-order valence-electron chi connectivity index (χ1n) is 9.58. The van der Waals surface area contributed by atoms with Crippen LogP contribution >= 0.6 is 11.3 Å². The lowest BCUT2D eigenvalue weighted by Crippen LogP contribution is -2.54. The standard InChI is InChI=1S/C20H22N4O4S/c25-16(23-19-21-9-12-29-19)5-6-17(26)24-10-7-20(8-11-24)13-22-18(27)14-3-1-2-4-15(14)28-20/h1-4,9,12H,5-8,10-11,13H2,(H,22,27)(H,21,23,25). The van der Waals surface area contributed by atoms with E-state index in [4.69, 9.17) is 4.74 Å². The Morgan fingerprint density at radius 2 is 2.03 bits per heavy atom. The number of rotatable bonds is 4. The summed E-state index contributed by atoms with van der Waals surface area (Å²) in [5.41, 5.74) is 0.0236. The number of piperidine rings is 1. The minimum Gasteiger partial charge on any atom is -0.484 e. The zero-order valence-corrected chi connectivity index (χ0v) is 16.7. The Labute approximate surface area is 172 Å². The van der Waals surface area contributed by atoms with Crippen LogP contribution in [-0.4, -0.2) is 52.8 Å². The van der Waals surface area contributed by atoms with Crippen LogP contribution in [0.4, 0.5) is 5.13 Å². The number of carbonyl (C=O) groups is 3. The number of carbonyl (C=O) groups excluding carboxylic acids is 3. The highest BCUT2D eigenvalue weighted by Crippen LogP contribution is 2.33. The zero-order valence-electron chi connectivity index (χ0n) is 15.8. The summed E-state index contributed by atoms with van der Waals surface area (Å²) >= 11 is 1.34. The molecule has 1 spiro atoms. The maximum absolute atomic E-state index is 12.5. The van der Waals surface area contributed by atoms with E-state index in [0.717, 1.165) is 0 Å². The van der Waals surface area contributed by atoms with Gasteiger partial charge in [-0.05, 0) is 12.1 Å². The normalized spacial score (nSPS) is 17.7. The molecular formula is C20H22N4O4S. The highest BCUT2D eigenvalue weighted by atomic mass is 32.1. The predicted octanol–water partition coefficient (Wildman–Crippen LogP) is 2.05. The van der Waals surface area contributed by atoms with Gasteiger partial charge in [-0.2, -0.15) is 0 Å². The molecule has 1 aromatic heterocycles. The van der Waals surface area contributed by atoms with Crippen molar-refractivity contribution in [2.75, 3.05) is 25.0 Å². The van der Waals surface area contributed by atoms with Crippen LogP contribution in [-0.2, 0) is 9.59 Å². The van der Waals surface area contributed by atoms with Gasteiger partial charge < -0.3 is 20.3 Å². The number of aromatic nitrogens is 1. The first-order chi connectivity index (χ1) is 14.0. The molecule has 0 unspecified atom stereocenters. The zero-order chi connectivity index (χ0) is 20.3. The maximum atomic E-state index is 12.5. The molecule has 1 aromatic carbocycles. The molecule has 2 aliphatic rings. The Hall–Kier alpha value is -2.94. The van der Waals surface area contributed by atoms with Gasteiger partial charge in [0.15, 0.2) is 5.13 Å². The SMILES string of the molecule is O=C(CCC(=O)N1CCC2(CC1)CNC(=O)c1ccccc1O2)Nc1nccs1. The van der Waals surface area contributed by atoms with E-state index in [0.29, 0.717) is 48.9 Å². The number of nitrogens with one attached hydrogen (secondary N) is 2. The summed E-state index contributed by atoms with van der Waals surface area (Å²) in [6.45, 7) is 1.48. The van der Waals surface area contributed by atoms with Gasteiger partial charge in [0, 0.05) is 50.3 Å². The number of nitrogens with zero attached hydrogens (tertiary/aromatic N) is 2. The van der Waals surface area contributed by atoms with Crippen molar-refractivity contribution >= 4 is 34.2 Å². The van der Waals surface area contributed by atoms with Crippen LogP contribution in [0.15, 0.2) is 35.8 Å². The summed E-state index contributed by atoms with van der Waals surface area (Å²) in [5.74, 6) is 0.184. The third kappa shape index (κ3) is 4.40. The van der Waals surface area contributed by atoms with Gasteiger partial charge in [-0.1, -0.05) is 12.1 Å². The minimum atomic E-state index is -0.513. The molecule has 3 amide bonds. The van der Waals surface area contributed by atoms with Crippen molar-refractivity contribution in [1.29, 1.82) is 0 Å². The number of amides is 3. The lowest BCUT2D eigenvalue weighted by molar-refractivity contribution is -0.136. The molecule has 4 rings (SSSR count). The van der Waals surface area contributed by atoms with Crippen molar-refractivity contribution in [3.05, 3.63) is 41.4 Å². The molecule has 29 heavy (non-hydrogen) atoms. The highest BCUT2D eigenvalue weighted by molar-refractivity contribution is 7.13. The third-order valence-corrected chi connectivity index (χ3v) is 5.99. The van der Waals surface area contributed by atoms with E-state index in [-0.39, 0.29) is 30.6 Å². The Morgan fingerprint density at radius 1 is 1.24 bits per heavy atom. The van der Waals surface area contributed by atoms with Crippen molar-refractivity contribution < 1.29 is 19.1 Å². The van der Waals surface area contributed by atoms with E-state index in [1.807, 2.05) is 12.1 Å². The highest BCUT2D eigenvalue weighted by Gasteiger charge is 2.40. The van der Waals surface area contributed by atoms with Gasteiger partial charge >= 0.3 is 0 Å². The van der Waals surface area contributed by atoms with Gasteiger partial charge in [-0.3, -0.25) is 14.4 Å². The fourth-order valence-corrected chi connectivity index (χ4v) is 4.18. The fourth-order valence-electron chi connectivity index (χ4n) is 3.64. The lowest BCUT2D eigenvalue weighted by Gasteiger charge is -2.41. The smallest absolute Gasteiger partial charge is 0.255 e. The van der Waals surface area contributed by atoms with E-state index in [1.165, 1.54) is 11.3 Å².